The third-order valence-electron chi connectivity index (χ3n) is 7.66. The van der Waals surface area contributed by atoms with Gasteiger partial charge in [-0.15, -0.1) is 5.10 Å². The van der Waals surface area contributed by atoms with Crippen LogP contribution in [0.2, 0.25) is 0 Å². The Morgan fingerprint density at radius 3 is 2.27 bits per heavy atom. The molecular weight excluding hydrogens is 663 g/mol. The van der Waals surface area contributed by atoms with E-state index in [4.69, 9.17) is 20.2 Å². The number of rotatable bonds is 9. The summed E-state index contributed by atoms with van der Waals surface area (Å²) in [5.74, 6) is -2.99. The van der Waals surface area contributed by atoms with Crippen molar-refractivity contribution in [3.8, 4) is 0 Å². The summed E-state index contributed by atoms with van der Waals surface area (Å²) in [6, 6.07) is 9.49. The molecule has 2 aliphatic carbocycles. The summed E-state index contributed by atoms with van der Waals surface area (Å²) in [5, 5.41) is 35.4. The molecule has 262 valence electrons. The summed E-state index contributed by atoms with van der Waals surface area (Å²) in [7, 11) is -4.17. The topological polar surface area (TPSA) is 155 Å². The molecule has 15 heteroatoms. The summed E-state index contributed by atoms with van der Waals surface area (Å²) in [6.07, 6.45) is 2.63. The smallest absolute Gasteiger partial charge is 0.265 e. The minimum absolute atomic E-state index is 0.0832. The third-order valence-corrected chi connectivity index (χ3v) is 10.5. The molecule has 0 amide bonds. The van der Waals surface area contributed by atoms with Gasteiger partial charge < -0.3 is 15.3 Å². The van der Waals surface area contributed by atoms with Gasteiger partial charge in [-0.1, -0.05) is 61.5 Å². The molecular formula is C33H44F2N6O5S2. The Bertz CT molecular complexity index is 1790. The van der Waals surface area contributed by atoms with E-state index in [-0.39, 0.29) is 28.2 Å². The van der Waals surface area contributed by atoms with Crippen molar-refractivity contribution in [1.82, 2.24) is 25.0 Å². The highest BCUT2D eigenvalue weighted by Gasteiger charge is 2.50. The highest BCUT2D eigenvalue weighted by atomic mass is 32.2. The number of fused-ring (bicyclic) bond motifs is 1. The molecule has 0 unspecified atom stereocenters. The maximum atomic E-state index is 14.3. The SMILES string of the molecule is CC.CC(C)(O)O.CCCSc1nc(N([C@@H]2C[C@H]2c2ccc(F)c(F)c2)S(=O)(=O)c2ccc(C)cc2)c2nnn([C@H]3CC[C@@H](O)C3)c2n1. The lowest BCUT2D eigenvalue weighted by Crippen LogP contribution is -2.35. The lowest BCUT2D eigenvalue weighted by atomic mass is 10.1. The normalized spacial score (nSPS) is 20.5. The number of hydrogen-bond acceptors (Lipinski definition) is 10. The zero-order chi connectivity index (χ0) is 35.4. The number of aliphatic hydroxyl groups is 3. The van der Waals surface area contributed by atoms with E-state index >= 15 is 0 Å². The number of nitrogens with zero attached hydrogens (tertiary/aromatic N) is 6. The lowest BCUT2D eigenvalue weighted by molar-refractivity contribution is -0.127. The molecule has 2 heterocycles. The molecule has 2 saturated carbocycles. The van der Waals surface area contributed by atoms with Crippen LogP contribution >= 0.6 is 11.8 Å². The maximum Gasteiger partial charge on any atom is 0.265 e. The second kappa shape index (κ2) is 15.5. The molecule has 0 saturated heterocycles. The minimum atomic E-state index is -4.17. The predicted molar refractivity (Wildman–Crippen MR) is 181 cm³/mol. The first-order chi connectivity index (χ1) is 22.7. The van der Waals surface area contributed by atoms with Crippen LogP contribution in [0.5, 0.6) is 0 Å². The number of aryl methyl sites for hydroxylation is 1. The van der Waals surface area contributed by atoms with Crippen molar-refractivity contribution >= 4 is 38.8 Å². The highest BCUT2D eigenvalue weighted by Crippen LogP contribution is 2.49. The number of benzene rings is 2. The zero-order valence-corrected chi connectivity index (χ0v) is 29.6. The van der Waals surface area contributed by atoms with Gasteiger partial charge in [-0.05, 0) is 82.7 Å². The van der Waals surface area contributed by atoms with Gasteiger partial charge in [0.1, 0.15) is 0 Å². The average Bonchev–Trinajstić information content (AvgIpc) is 3.47. The van der Waals surface area contributed by atoms with E-state index in [0.29, 0.717) is 42.1 Å². The Morgan fingerprint density at radius 2 is 1.69 bits per heavy atom. The van der Waals surface area contributed by atoms with Gasteiger partial charge in [0.2, 0.25) is 0 Å². The first kappa shape index (κ1) is 37.6. The Labute approximate surface area is 284 Å². The second-order valence-corrected chi connectivity index (χ2v) is 15.1. The number of hydrogen-bond donors (Lipinski definition) is 3. The van der Waals surface area contributed by atoms with Crippen LogP contribution in [0.1, 0.15) is 89.8 Å². The quantitative estimate of drug-likeness (QED) is 0.109. The Kier molecular flexibility index (Phi) is 12.2. The van der Waals surface area contributed by atoms with E-state index in [0.717, 1.165) is 29.9 Å². The maximum absolute atomic E-state index is 14.3. The number of aromatic nitrogens is 5. The average molecular weight is 707 g/mol. The van der Waals surface area contributed by atoms with Crippen LogP contribution < -0.4 is 4.31 Å². The molecule has 2 aliphatic rings. The summed E-state index contributed by atoms with van der Waals surface area (Å²) in [4.78, 5) is 9.53. The molecule has 2 fully saturated rings. The molecule has 48 heavy (non-hydrogen) atoms. The molecule has 3 N–H and O–H groups in total. The monoisotopic (exact) mass is 706 g/mol. The fourth-order valence-electron chi connectivity index (χ4n) is 5.43. The van der Waals surface area contributed by atoms with E-state index < -0.39 is 39.6 Å². The molecule has 0 aliphatic heterocycles. The van der Waals surface area contributed by atoms with Gasteiger partial charge in [0.25, 0.3) is 10.0 Å². The molecule has 6 rings (SSSR count). The first-order valence-electron chi connectivity index (χ1n) is 16.1. The molecule has 2 aromatic carbocycles. The van der Waals surface area contributed by atoms with Crippen LogP contribution in [-0.2, 0) is 10.0 Å². The van der Waals surface area contributed by atoms with Crippen LogP contribution in [-0.4, -0.2) is 72.4 Å². The van der Waals surface area contributed by atoms with Gasteiger partial charge in [0.05, 0.1) is 23.1 Å². The zero-order valence-electron chi connectivity index (χ0n) is 28.0. The number of anilines is 1. The van der Waals surface area contributed by atoms with Crippen molar-refractivity contribution in [1.29, 1.82) is 0 Å². The van der Waals surface area contributed by atoms with Crippen molar-refractivity contribution in [2.24, 2.45) is 0 Å². The summed E-state index contributed by atoms with van der Waals surface area (Å²) < 4.78 is 59.4. The largest absolute Gasteiger partial charge is 0.393 e. The van der Waals surface area contributed by atoms with E-state index in [1.54, 1.807) is 28.9 Å². The fourth-order valence-corrected chi connectivity index (χ4v) is 7.77. The van der Waals surface area contributed by atoms with E-state index in [1.807, 2.05) is 27.7 Å². The van der Waals surface area contributed by atoms with Crippen molar-refractivity contribution in [2.75, 3.05) is 10.1 Å². The van der Waals surface area contributed by atoms with Crippen LogP contribution in [0.4, 0.5) is 14.6 Å². The Balaban J connectivity index is 0.000000682. The van der Waals surface area contributed by atoms with Crippen molar-refractivity contribution in [3.05, 3.63) is 65.2 Å². The molecule has 2 aromatic heterocycles. The predicted octanol–water partition coefficient (Wildman–Crippen LogP) is 5.88. The van der Waals surface area contributed by atoms with E-state index in [2.05, 4.69) is 10.3 Å². The van der Waals surface area contributed by atoms with Crippen LogP contribution in [0.25, 0.3) is 11.2 Å². The number of thioether (sulfide) groups is 1. The van der Waals surface area contributed by atoms with E-state index in [9.17, 15) is 22.3 Å². The van der Waals surface area contributed by atoms with Gasteiger partial charge in [0, 0.05) is 11.7 Å². The molecule has 4 atom stereocenters. The molecule has 11 nitrogen and oxygen atoms in total. The van der Waals surface area contributed by atoms with Gasteiger partial charge in [-0.25, -0.2) is 36.2 Å². The van der Waals surface area contributed by atoms with Crippen LogP contribution in [0, 0.1) is 18.6 Å². The van der Waals surface area contributed by atoms with Gasteiger partial charge >= 0.3 is 0 Å². The lowest BCUT2D eigenvalue weighted by Gasteiger charge is -2.25. The van der Waals surface area contributed by atoms with Gasteiger partial charge in [-0.3, -0.25) is 0 Å². The van der Waals surface area contributed by atoms with Crippen molar-refractivity contribution in [2.45, 2.75) is 114 Å². The number of halogens is 2. The first-order valence-corrected chi connectivity index (χ1v) is 18.5. The van der Waals surface area contributed by atoms with Gasteiger partial charge in [-0.2, -0.15) is 0 Å². The molecule has 0 radical (unpaired) electrons. The van der Waals surface area contributed by atoms with E-state index in [1.165, 1.54) is 36.0 Å². The fraction of sp³-hybridized carbons (Fsp3) is 0.515. The summed E-state index contributed by atoms with van der Waals surface area (Å²) in [5.41, 5.74) is 2.05. The van der Waals surface area contributed by atoms with Crippen LogP contribution in [0.15, 0.2) is 52.5 Å². The highest BCUT2D eigenvalue weighted by molar-refractivity contribution is 7.99. The Hall–Kier alpha value is -3.24. The molecule has 0 spiro atoms. The standard InChI is InChI=1S/C28H30F2N6O3S2.C3H8O2.C2H6/c1-3-12-40-28-31-26-25(33-34-35(26)18-7-8-19(37)14-18)27(32-28)36(41(38,39)20-9-4-16(2)5-10-20)24-15-21(24)17-6-11-22(29)23(30)13-17;1-3(2,4)5;1-2/h4-6,9-11,13,18-19,21,24,37H,3,7-8,12,14-15H2,1-2H3;4-5H,1-2H3;1-2H3/t18-,19+,21-,24+;;/m0../s1. The van der Waals surface area contributed by atoms with Crippen LogP contribution in [0.3, 0.4) is 0 Å². The number of sulfonamides is 1. The minimum Gasteiger partial charge on any atom is -0.393 e. The summed E-state index contributed by atoms with van der Waals surface area (Å²) in [6.45, 7) is 10.5. The van der Waals surface area contributed by atoms with Crippen molar-refractivity contribution < 1.29 is 32.5 Å². The number of aliphatic hydroxyl groups excluding tert-OH is 1. The summed E-state index contributed by atoms with van der Waals surface area (Å²) >= 11 is 1.41. The Morgan fingerprint density at radius 1 is 1.02 bits per heavy atom. The van der Waals surface area contributed by atoms with Gasteiger partial charge in [0.15, 0.2) is 39.6 Å². The second-order valence-electron chi connectivity index (χ2n) is 12.2. The molecule has 0 bridgehead atoms. The van der Waals surface area contributed by atoms with Crippen molar-refractivity contribution in [3.63, 3.8) is 0 Å². The molecule has 4 aromatic rings. The third kappa shape index (κ3) is 8.86.